The van der Waals surface area contributed by atoms with E-state index in [4.69, 9.17) is 11.6 Å². The van der Waals surface area contributed by atoms with Gasteiger partial charge in [0.2, 0.25) is 0 Å². The zero-order valence-electron chi connectivity index (χ0n) is 6.31. The van der Waals surface area contributed by atoms with Gasteiger partial charge in [-0.3, -0.25) is 0 Å². The van der Waals surface area contributed by atoms with Gasteiger partial charge in [-0.2, -0.15) is 0 Å². The molecule has 0 bridgehead atoms. The molecule has 0 amide bonds. The van der Waals surface area contributed by atoms with Crippen LogP contribution >= 0.6 is 11.6 Å². The Morgan fingerprint density at radius 1 is 1.30 bits per heavy atom. The summed E-state index contributed by atoms with van der Waals surface area (Å²) >= 11 is 5.72. The number of piperazine rings is 1. The molecule has 1 aliphatic heterocycles. The Labute approximate surface area is 67.1 Å². The first-order valence-electron chi connectivity index (χ1n) is 3.48. The van der Waals surface area contributed by atoms with Crippen LogP contribution in [0.3, 0.4) is 0 Å². The number of hydrogen-bond donors (Lipinski definition) is 0. The number of likely N-dealkylation sites (N-methyl/N-ethyl adjacent to an activating group) is 1. The molecular weight excluding hydrogens is 148 g/mol. The molecule has 0 aromatic carbocycles. The van der Waals surface area contributed by atoms with Gasteiger partial charge in [0, 0.05) is 26.2 Å². The van der Waals surface area contributed by atoms with Gasteiger partial charge in [-0.25, -0.2) is 0 Å². The van der Waals surface area contributed by atoms with Crippen molar-refractivity contribution in [2.45, 2.75) is 0 Å². The van der Waals surface area contributed by atoms with Gasteiger partial charge in [-0.05, 0) is 7.05 Å². The fourth-order valence-electron chi connectivity index (χ4n) is 1.05. The highest BCUT2D eigenvalue weighted by Crippen LogP contribution is 2.09. The summed E-state index contributed by atoms with van der Waals surface area (Å²) in [5.74, 6) is 0. The highest BCUT2D eigenvalue weighted by molar-refractivity contribution is 6.28. The SMILES string of the molecule is C=C(Cl)N1CCN(C)CC1. The third-order valence-corrected chi connectivity index (χ3v) is 2.09. The van der Waals surface area contributed by atoms with Crippen LogP contribution in [0.15, 0.2) is 11.7 Å². The third kappa shape index (κ3) is 1.89. The Morgan fingerprint density at radius 2 is 1.80 bits per heavy atom. The number of rotatable bonds is 1. The van der Waals surface area contributed by atoms with E-state index in [1.54, 1.807) is 0 Å². The van der Waals surface area contributed by atoms with Crippen molar-refractivity contribution in [3.05, 3.63) is 11.7 Å². The van der Waals surface area contributed by atoms with E-state index in [2.05, 4.69) is 23.4 Å². The molecule has 0 aromatic heterocycles. The van der Waals surface area contributed by atoms with Crippen LogP contribution in [-0.2, 0) is 0 Å². The molecule has 0 aromatic rings. The first-order valence-corrected chi connectivity index (χ1v) is 3.86. The minimum Gasteiger partial charge on any atom is -0.360 e. The molecule has 0 saturated carbocycles. The van der Waals surface area contributed by atoms with Gasteiger partial charge in [0.1, 0.15) is 0 Å². The fourth-order valence-corrected chi connectivity index (χ4v) is 1.22. The lowest BCUT2D eigenvalue weighted by Crippen LogP contribution is -2.42. The average molecular weight is 161 g/mol. The predicted molar refractivity (Wildman–Crippen MR) is 44.1 cm³/mol. The smallest absolute Gasteiger partial charge is 0.0971 e. The molecule has 1 fully saturated rings. The summed E-state index contributed by atoms with van der Waals surface area (Å²) in [6, 6.07) is 0. The molecule has 1 saturated heterocycles. The minimum atomic E-state index is 0.674. The largest absolute Gasteiger partial charge is 0.360 e. The molecule has 0 spiro atoms. The lowest BCUT2D eigenvalue weighted by molar-refractivity contribution is 0.194. The highest BCUT2D eigenvalue weighted by atomic mass is 35.5. The van der Waals surface area contributed by atoms with Crippen LogP contribution in [0.25, 0.3) is 0 Å². The average Bonchev–Trinajstić information content (AvgIpc) is 1.88. The summed E-state index contributed by atoms with van der Waals surface area (Å²) in [5, 5.41) is 0.674. The Hall–Kier alpha value is -0.210. The molecule has 2 nitrogen and oxygen atoms in total. The Bertz CT molecular complexity index is 128. The van der Waals surface area contributed by atoms with Crippen LogP contribution < -0.4 is 0 Å². The molecule has 0 unspecified atom stereocenters. The lowest BCUT2D eigenvalue weighted by atomic mass is 10.3. The molecule has 0 aliphatic carbocycles. The second-order valence-electron chi connectivity index (χ2n) is 2.67. The summed E-state index contributed by atoms with van der Waals surface area (Å²) < 4.78 is 0. The van der Waals surface area contributed by atoms with E-state index in [1.165, 1.54) is 0 Å². The molecule has 1 heterocycles. The molecule has 58 valence electrons. The Balaban J connectivity index is 2.33. The van der Waals surface area contributed by atoms with Crippen molar-refractivity contribution in [1.29, 1.82) is 0 Å². The Morgan fingerprint density at radius 3 is 2.20 bits per heavy atom. The lowest BCUT2D eigenvalue weighted by Gasteiger charge is -2.32. The van der Waals surface area contributed by atoms with Gasteiger partial charge in [-0.15, -0.1) is 0 Å². The van der Waals surface area contributed by atoms with Crippen molar-refractivity contribution in [2.24, 2.45) is 0 Å². The fraction of sp³-hybridized carbons (Fsp3) is 0.714. The van der Waals surface area contributed by atoms with Crippen molar-refractivity contribution in [3.8, 4) is 0 Å². The topological polar surface area (TPSA) is 6.48 Å². The van der Waals surface area contributed by atoms with Crippen molar-refractivity contribution >= 4 is 11.6 Å². The standard InChI is InChI=1S/C7H13ClN2/c1-7(8)10-5-3-9(2)4-6-10/h1,3-6H2,2H3. The van der Waals surface area contributed by atoms with Gasteiger partial charge >= 0.3 is 0 Å². The van der Waals surface area contributed by atoms with Crippen LogP contribution in [0.5, 0.6) is 0 Å². The molecule has 3 heteroatoms. The van der Waals surface area contributed by atoms with Gasteiger partial charge in [0.25, 0.3) is 0 Å². The van der Waals surface area contributed by atoms with Gasteiger partial charge < -0.3 is 9.80 Å². The maximum absolute atomic E-state index is 5.72. The van der Waals surface area contributed by atoms with E-state index in [-0.39, 0.29) is 0 Å². The Kier molecular flexibility index (Phi) is 2.57. The summed E-state index contributed by atoms with van der Waals surface area (Å²) in [6.45, 7) is 7.88. The van der Waals surface area contributed by atoms with E-state index in [1.807, 2.05) is 0 Å². The zero-order chi connectivity index (χ0) is 7.56. The van der Waals surface area contributed by atoms with Crippen molar-refractivity contribution < 1.29 is 0 Å². The van der Waals surface area contributed by atoms with E-state index in [0.29, 0.717) is 5.16 Å². The summed E-state index contributed by atoms with van der Waals surface area (Å²) in [6.07, 6.45) is 0. The predicted octanol–water partition coefficient (Wildman–Crippen LogP) is 0.944. The second kappa shape index (κ2) is 3.26. The van der Waals surface area contributed by atoms with Crippen LogP contribution in [0, 0.1) is 0 Å². The number of hydrogen-bond acceptors (Lipinski definition) is 2. The van der Waals surface area contributed by atoms with E-state index < -0.39 is 0 Å². The molecule has 1 aliphatic rings. The number of halogens is 1. The summed E-state index contributed by atoms with van der Waals surface area (Å²) in [7, 11) is 2.12. The second-order valence-corrected chi connectivity index (χ2v) is 3.10. The molecular formula is C7H13ClN2. The van der Waals surface area contributed by atoms with Crippen LogP contribution in [0.4, 0.5) is 0 Å². The summed E-state index contributed by atoms with van der Waals surface area (Å²) in [4.78, 5) is 4.39. The van der Waals surface area contributed by atoms with E-state index in [0.717, 1.165) is 26.2 Å². The zero-order valence-corrected chi connectivity index (χ0v) is 7.06. The van der Waals surface area contributed by atoms with E-state index in [9.17, 15) is 0 Å². The van der Waals surface area contributed by atoms with Crippen LogP contribution in [0.2, 0.25) is 0 Å². The molecule has 0 N–H and O–H groups in total. The molecule has 1 rings (SSSR count). The normalized spacial score (nSPS) is 21.2. The van der Waals surface area contributed by atoms with Crippen molar-refractivity contribution in [3.63, 3.8) is 0 Å². The minimum absolute atomic E-state index is 0.674. The maximum Gasteiger partial charge on any atom is 0.0971 e. The molecule has 0 atom stereocenters. The molecule has 10 heavy (non-hydrogen) atoms. The van der Waals surface area contributed by atoms with Crippen LogP contribution in [-0.4, -0.2) is 43.0 Å². The molecule has 0 radical (unpaired) electrons. The maximum atomic E-state index is 5.72. The highest BCUT2D eigenvalue weighted by Gasteiger charge is 2.12. The van der Waals surface area contributed by atoms with Gasteiger partial charge in [0.05, 0.1) is 5.16 Å². The quantitative estimate of drug-likeness (QED) is 0.527. The monoisotopic (exact) mass is 160 g/mol. The first-order chi connectivity index (χ1) is 4.70. The van der Waals surface area contributed by atoms with Crippen molar-refractivity contribution in [2.75, 3.05) is 33.2 Å². The number of nitrogens with zero attached hydrogens (tertiary/aromatic N) is 2. The van der Waals surface area contributed by atoms with Crippen LogP contribution in [0.1, 0.15) is 0 Å². The van der Waals surface area contributed by atoms with Gasteiger partial charge in [0.15, 0.2) is 0 Å². The van der Waals surface area contributed by atoms with Crippen molar-refractivity contribution in [1.82, 2.24) is 9.80 Å². The van der Waals surface area contributed by atoms with Gasteiger partial charge in [-0.1, -0.05) is 18.2 Å². The summed E-state index contributed by atoms with van der Waals surface area (Å²) in [5.41, 5.74) is 0. The first kappa shape index (κ1) is 7.89. The third-order valence-electron chi connectivity index (χ3n) is 1.85. The van der Waals surface area contributed by atoms with E-state index >= 15 is 0 Å².